The van der Waals surface area contributed by atoms with Crippen LogP contribution in [0.3, 0.4) is 0 Å². The molecule has 0 saturated heterocycles. The van der Waals surface area contributed by atoms with Crippen molar-refractivity contribution in [2.75, 3.05) is 0 Å². The smallest absolute Gasteiger partial charge is 0.146 e. The van der Waals surface area contributed by atoms with Gasteiger partial charge in [-0.15, -0.1) is 0 Å². The molecule has 0 spiro atoms. The lowest BCUT2D eigenvalue weighted by Crippen LogP contribution is -1.96. The van der Waals surface area contributed by atoms with Gasteiger partial charge in [0, 0.05) is 10.8 Å². The van der Waals surface area contributed by atoms with Gasteiger partial charge in [0.05, 0.1) is 33.5 Å². The Balaban J connectivity index is 1.30. The molecular formula is C36H22N4. The van der Waals surface area contributed by atoms with Crippen LogP contribution in [-0.2, 0) is 0 Å². The van der Waals surface area contributed by atoms with Crippen molar-refractivity contribution in [3.05, 3.63) is 133 Å². The van der Waals surface area contributed by atoms with Crippen LogP contribution in [0.4, 0.5) is 0 Å². The van der Waals surface area contributed by atoms with Crippen LogP contribution >= 0.6 is 0 Å². The molecule has 0 aliphatic carbocycles. The summed E-state index contributed by atoms with van der Waals surface area (Å²) in [4.78, 5) is 10.1. The Bertz CT molecular complexity index is 2250. The fraction of sp³-hybridized carbons (Fsp3) is 0. The lowest BCUT2D eigenvalue weighted by atomic mass is 10.0. The molecule has 0 bridgehead atoms. The summed E-state index contributed by atoms with van der Waals surface area (Å²) in [7, 11) is 0. The third-order valence-electron chi connectivity index (χ3n) is 8.07. The van der Waals surface area contributed by atoms with Crippen LogP contribution < -0.4 is 0 Å². The molecule has 186 valence electrons. The normalized spacial score (nSPS) is 12.0. The van der Waals surface area contributed by atoms with E-state index in [0.717, 1.165) is 66.6 Å². The fourth-order valence-corrected chi connectivity index (χ4v) is 6.21. The lowest BCUT2D eigenvalue weighted by Gasteiger charge is -2.13. The monoisotopic (exact) mass is 510 g/mol. The van der Waals surface area contributed by atoms with Crippen molar-refractivity contribution in [3.8, 4) is 22.5 Å². The average molecular weight is 511 g/mol. The Hall–Kier alpha value is -5.48. The summed E-state index contributed by atoms with van der Waals surface area (Å²) in [5.41, 5.74) is 10.8. The van der Waals surface area contributed by atoms with Gasteiger partial charge in [-0.1, -0.05) is 97.1 Å². The van der Waals surface area contributed by atoms with Crippen molar-refractivity contribution in [2.24, 2.45) is 0 Å². The van der Waals surface area contributed by atoms with Gasteiger partial charge in [0.25, 0.3) is 0 Å². The topological polar surface area (TPSA) is 34.6 Å². The van der Waals surface area contributed by atoms with Gasteiger partial charge in [-0.3, -0.25) is 8.80 Å². The summed E-state index contributed by atoms with van der Waals surface area (Å²) < 4.78 is 4.59. The highest BCUT2D eigenvalue weighted by atomic mass is 15.0. The lowest BCUT2D eigenvalue weighted by molar-refractivity contribution is 1.24. The van der Waals surface area contributed by atoms with Gasteiger partial charge >= 0.3 is 0 Å². The van der Waals surface area contributed by atoms with E-state index in [-0.39, 0.29) is 0 Å². The van der Waals surface area contributed by atoms with Crippen molar-refractivity contribution in [1.29, 1.82) is 0 Å². The van der Waals surface area contributed by atoms with Crippen LogP contribution in [0.25, 0.3) is 77.4 Å². The maximum absolute atomic E-state index is 5.03. The second kappa shape index (κ2) is 8.01. The number of aromatic nitrogens is 4. The first-order valence-electron chi connectivity index (χ1n) is 13.5. The van der Waals surface area contributed by atoms with Gasteiger partial charge in [-0.05, 0) is 58.3 Å². The highest BCUT2D eigenvalue weighted by molar-refractivity contribution is 6.02. The van der Waals surface area contributed by atoms with Gasteiger partial charge < -0.3 is 0 Å². The number of para-hydroxylation sites is 4. The highest BCUT2D eigenvalue weighted by Crippen LogP contribution is 2.35. The van der Waals surface area contributed by atoms with E-state index in [1.165, 1.54) is 10.8 Å². The Kier molecular flexibility index (Phi) is 4.30. The molecule has 9 aromatic rings. The van der Waals surface area contributed by atoms with Gasteiger partial charge in [0.1, 0.15) is 11.3 Å². The molecule has 0 aliphatic rings. The molecule has 0 fully saturated rings. The molecule has 0 aliphatic heterocycles. The number of hydrogen-bond acceptors (Lipinski definition) is 2. The first-order chi connectivity index (χ1) is 19.8. The number of hydrogen-bond donors (Lipinski definition) is 0. The predicted octanol–water partition coefficient (Wildman–Crippen LogP) is 8.93. The Morgan fingerprint density at radius 1 is 0.400 bits per heavy atom. The van der Waals surface area contributed by atoms with Crippen molar-refractivity contribution >= 4 is 54.9 Å². The fourth-order valence-electron chi connectivity index (χ4n) is 6.21. The highest BCUT2D eigenvalue weighted by Gasteiger charge is 2.16. The molecule has 4 heteroatoms. The molecule has 40 heavy (non-hydrogen) atoms. The van der Waals surface area contributed by atoms with Gasteiger partial charge in [0.2, 0.25) is 0 Å². The zero-order valence-electron chi connectivity index (χ0n) is 21.5. The second-order valence-electron chi connectivity index (χ2n) is 10.3. The first kappa shape index (κ1) is 21.5. The van der Waals surface area contributed by atoms with E-state index < -0.39 is 0 Å². The minimum absolute atomic E-state index is 0.986. The minimum atomic E-state index is 0.986. The second-order valence-corrected chi connectivity index (χ2v) is 10.3. The summed E-state index contributed by atoms with van der Waals surface area (Å²) in [6.45, 7) is 0. The molecule has 4 nitrogen and oxygen atoms in total. The quantitative estimate of drug-likeness (QED) is 0.233. The molecule has 9 rings (SSSR count). The molecule has 0 saturated carbocycles. The van der Waals surface area contributed by atoms with E-state index in [1.54, 1.807) is 0 Å². The molecule has 0 radical (unpaired) electrons. The SMILES string of the molecule is c1ccc2c(c1)cc(-c1ccc(-c3cc4ccccc4c4nc5ccccc5n34)cc1)n1c3ccccc3nc21. The Labute approximate surface area is 229 Å². The van der Waals surface area contributed by atoms with Gasteiger partial charge in [-0.2, -0.15) is 0 Å². The van der Waals surface area contributed by atoms with E-state index in [9.17, 15) is 0 Å². The number of fused-ring (bicyclic) bond motifs is 10. The van der Waals surface area contributed by atoms with Gasteiger partial charge in [-0.25, -0.2) is 9.97 Å². The number of nitrogens with zero attached hydrogens (tertiary/aromatic N) is 4. The zero-order valence-corrected chi connectivity index (χ0v) is 21.5. The van der Waals surface area contributed by atoms with Crippen molar-refractivity contribution in [2.45, 2.75) is 0 Å². The summed E-state index contributed by atoms with van der Waals surface area (Å²) in [5.74, 6) is 0. The standard InChI is InChI=1S/C36H22N4/c1-3-11-27-25(9-1)21-33(39-31-15-7-5-13-29(31)37-35(27)39)23-17-19-24(20-18-23)34-22-26-10-2-4-12-28(26)36-38-30-14-6-8-16-32(30)40(34)36/h1-22H. The molecular weight excluding hydrogens is 488 g/mol. The van der Waals surface area contributed by atoms with E-state index in [4.69, 9.17) is 9.97 Å². The minimum Gasteiger partial charge on any atom is -0.292 e. The van der Waals surface area contributed by atoms with Crippen molar-refractivity contribution in [3.63, 3.8) is 0 Å². The maximum Gasteiger partial charge on any atom is 0.146 e. The Morgan fingerprint density at radius 2 is 0.800 bits per heavy atom. The first-order valence-corrected chi connectivity index (χ1v) is 13.5. The number of imidazole rings is 2. The van der Waals surface area contributed by atoms with E-state index >= 15 is 0 Å². The van der Waals surface area contributed by atoms with Crippen LogP contribution in [0.5, 0.6) is 0 Å². The number of benzene rings is 5. The molecule has 4 aromatic heterocycles. The third kappa shape index (κ3) is 2.96. The van der Waals surface area contributed by atoms with Crippen molar-refractivity contribution < 1.29 is 0 Å². The van der Waals surface area contributed by atoms with Crippen LogP contribution in [0, 0.1) is 0 Å². The largest absolute Gasteiger partial charge is 0.292 e. The molecule has 0 N–H and O–H groups in total. The third-order valence-corrected chi connectivity index (χ3v) is 8.07. The maximum atomic E-state index is 5.03. The molecule has 0 amide bonds. The summed E-state index contributed by atoms with van der Waals surface area (Å²) in [5, 5.41) is 4.69. The molecule has 5 aromatic carbocycles. The molecule has 0 unspecified atom stereocenters. The summed E-state index contributed by atoms with van der Waals surface area (Å²) >= 11 is 0. The number of pyridine rings is 2. The Morgan fingerprint density at radius 3 is 1.27 bits per heavy atom. The van der Waals surface area contributed by atoms with E-state index in [0.29, 0.717) is 0 Å². The van der Waals surface area contributed by atoms with Crippen LogP contribution in [-0.4, -0.2) is 18.8 Å². The van der Waals surface area contributed by atoms with E-state index in [2.05, 4.69) is 142 Å². The zero-order chi connectivity index (χ0) is 26.2. The van der Waals surface area contributed by atoms with Gasteiger partial charge in [0.15, 0.2) is 0 Å². The summed E-state index contributed by atoms with van der Waals surface area (Å²) in [6.07, 6.45) is 0. The average Bonchev–Trinajstić information content (AvgIpc) is 3.60. The van der Waals surface area contributed by atoms with Crippen LogP contribution in [0.1, 0.15) is 0 Å². The van der Waals surface area contributed by atoms with Crippen LogP contribution in [0.15, 0.2) is 133 Å². The number of rotatable bonds is 2. The van der Waals surface area contributed by atoms with Crippen LogP contribution in [0.2, 0.25) is 0 Å². The molecule has 0 atom stereocenters. The molecule has 4 heterocycles. The van der Waals surface area contributed by atoms with Crippen molar-refractivity contribution in [1.82, 2.24) is 18.8 Å². The summed E-state index contributed by atoms with van der Waals surface area (Å²) in [6, 6.07) is 47.2. The van der Waals surface area contributed by atoms with E-state index in [1.807, 2.05) is 0 Å². The predicted molar refractivity (Wildman–Crippen MR) is 165 cm³/mol.